The first-order valence-corrected chi connectivity index (χ1v) is 5.52. The quantitative estimate of drug-likeness (QED) is 0.258. The fourth-order valence-electron chi connectivity index (χ4n) is 1.29. The van der Waals surface area contributed by atoms with E-state index in [1.807, 2.05) is 0 Å². The van der Waals surface area contributed by atoms with Crippen LogP contribution in [0.25, 0.3) is 0 Å². The Morgan fingerprint density at radius 1 is 1.16 bits per heavy atom. The standard InChI is InChI=1S/C12H16N4O3/c1-3-8(9(4-2)10(14)17)7-16-12(19)11(18)15-6-5-13/h3-4H,6-7H2,1-2H3,(H2,14,17)(H,15,18)(H,16,19)/b8-3-,9-4+. The molecule has 0 heterocycles. The largest absolute Gasteiger partial charge is 0.366 e. The molecule has 0 unspecified atom stereocenters. The number of nitrogens with two attached hydrogens (primary N) is 1. The number of amides is 3. The number of rotatable bonds is 5. The molecule has 0 aliphatic rings. The van der Waals surface area contributed by atoms with Gasteiger partial charge in [-0.2, -0.15) is 5.26 Å². The molecule has 7 heteroatoms. The van der Waals surface area contributed by atoms with Crippen molar-refractivity contribution in [2.45, 2.75) is 13.8 Å². The van der Waals surface area contributed by atoms with E-state index in [1.54, 1.807) is 26.0 Å². The van der Waals surface area contributed by atoms with Gasteiger partial charge in [-0.15, -0.1) is 0 Å². The molecule has 4 N–H and O–H groups in total. The van der Waals surface area contributed by atoms with E-state index >= 15 is 0 Å². The second-order valence-corrected chi connectivity index (χ2v) is 3.40. The summed E-state index contributed by atoms with van der Waals surface area (Å²) >= 11 is 0. The van der Waals surface area contributed by atoms with Crippen LogP contribution in [-0.2, 0) is 14.4 Å². The molecule has 0 saturated carbocycles. The van der Waals surface area contributed by atoms with Gasteiger partial charge in [0, 0.05) is 12.1 Å². The Labute approximate surface area is 111 Å². The van der Waals surface area contributed by atoms with Crippen molar-refractivity contribution in [1.82, 2.24) is 10.6 Å². The monoisotopic (exact) mass is 264 g/mol. The molecule has 7 nitrogen and oxygen atoms in total. The van der Waals surface area contributed by atoms with Crippen LogP contribution in [0.1, 0.15) is 13.8 Å². The molecule has 0 spiro atoms. The molecule has 0 saturated heterocycles. The summed E-state index contributed by atoms with van der Waals surface area (Å²) in [4.78, 5) is 33.7. The summed E-state index contributed by atoms with van der Waals surface area (Å²) in [6, 6.07) is 1.68. The maximum atomic E-state index is 11.4. The first-order chi connectivity index (χ1) is 8.97. The minimum Gasteiger partial charge on any atom is -0.366 e. The zero-order chi connectivity index (χ0) is 14.8. The first kappa shape index (κ1) is 16.4. The van der Waals surface area contributed by atoms with Gasteiger partial charge in [-0.1, -0.05) is 12.2 Å². The van der Waals surface area contributed by atoms with Crippen molar-refractivity contribution < 1.29 is 14.4 Å². The predicted molar refractivity (Wildman–Crippen MR) is 68.3 cm³/mol. The van der Waals surface area contributed by atoms with Crippen LogP contribution in [0.2, 0.25) is 0 Å². The molecule has 0 aromatic rings. The number of hydrogen-bond donors (Lipinski definition) is 3. The molecule has 102 valence electrons. The number of carbonyl (C=O) groups is 3. The molecule has 0 aliphatic carbocycles. The van der Waals surface area contributed by atoms with E-state index in [0.717, 1.165) is 0 Å². The van der Waals surface area contributed by atoms with Crippen LogP contribution in [0, 0.1) is 11.3 Å². The fourth-order valence-corrected chi connectivity index (χ4v) is 1.29. The van der Waals surface area contributed by atoms with Crippen molar-refractivity contribution in [3.8, 4) is 6.07 Å². The number of nitrogens with one attached hydrogen (secondary N) is 2. The van der Waals surface area contributed by atoms with Crippen LogP contribution < -0.4 is 16.4 Å². The number of carbonyl (C=O) groups excluding carboxylic acids is 3. The number of primary amides is 1. The lowest BCUT2D eigenvalue weighted by molar-refractivity contribution is -0.138. The Hall–Kier alpha value is -2.62. The van der Waals surface area contributed by atoms with E-state index in [9.17, 15) is 14.4 Å². The number of nitrogens with zero attached hydrogens (tertiary/aromatic N) is 1. The molecule has 0 rings (SSSR count). The first-order valence-electron chi connectivity index (χ1n) is 5.52. The Morgan fingerprint density at radius 3 is 2.16 bits per heavy atom. The van der Waals surface area contributed by atoms with Gasteiger partial charge in [0.1, 0.15) is 6.54 Å². The van der Waals surface area contributed by atoms with Crippen molar-refractivity contribution in [3.63, 3.8) is 0 Å². The van der Waals surface area contributed by atoms with Gasteiger partial charge in [0.15, 0.2) is 0 Å². The second kappa shape index (κ2) is 8.47. The smallest absolute Gasteiger partial charge is 0.310 e. The van der Waals surface area contributed by atoms with E-state index in [4.69, 9.17) is 11.0 Å². The third-order valence-electron chi connectivity index (χ3n) is 2.22. The molecular weight excluding hydrogens is 248 g/mol. The molecule has 0 aromatic carbocycles. The fraction of sp³-hybridized carbons (Fsp3) is 0.333. The van der Waals surface area contributed by atoms with Crippen molar-refractivity contribution >= 4 is 17.7 Å². The average molecular weight is 264 g/mol. The van der Waals surface area contributed by atoms with Crippen LogP contribution in [-0.4, -0.2) is 30.8 Å². The van der Waals surface area contributed by atoms with Gasteiger partial charge in [0.2, 0.25) is 5.91 Å². The lowest BCUT2D eigenvalue weighted by Gasteiger charge is -2.09. The van der Waals surface area contributed by atoms with Gasteiger partial charge in [-0.25, -0.2) is 0 Å². The summed E-state index contributed by atoms with van der Waals surface area (Å²) in [6.07, 6.45) is 3.15. The summed E-state index contributed by atoms with van der Waals surface area (Å²) in [6.45, 7) is 3.08. The number of hydrogen-bond acceptors (Lipinski definition) is 4. The minimum absolute atomic E-state index is 0.00206. The molecule has 0 bridgehead atoms. The van der Waals surface area contributed by atoms with E-state index in [2.05, 4.69) is 10.6 Å². The third-order valence-corrected chi connectivity index (χ3v) is 2.22. The zero-order valence-electron chi connectivity index (χ0n) is 10.8. The molecule has 0 aliphatic heterocycles. The summed E-state index contributed by atoms with van der Waals surface area (Å²) in [5.41, 5.74) is 5.97. The van der Waals surface area contributed by atoms with Crippen LogP contribution >= 0.6 is 0 Å². The molecule has 0 fully saturated rings. The highest BCUT2D eigenvalue weighted by Crippen LogP contribution is 2.08. The summed E-state index contributed by atoms with van der Waals surface area (Å²) in [7, 11) is 0. The topological polar surface area (TPSA) is 125 Å². The molecule has 0 atom stereocenters. The maximum Gasteiger partial charge on any atom is 0.310 e. The van der Waals surface area contributed by atoms with Crippen molar-refractivity contribution in [2.75, 3.05) is 13.1 Å². The van der Waals surface area contributed by atoms with Gasteiger partial charge >= 0.3 is 11.8 Å². The lowest BCUT2D eigenvalue weighted by atomic mass is 10.1. The van der Waals surface area contributed by atoms with E-state index < -0.39 is 17.7 Å². The van der Waals surface area contributed by atoms with Crippen LogP contribution in [0.4, 0.5) is 0 Å². The van der Waals surface area contributed by atoms with Gasteiger partial charge in [0.25, 0.3) is 0 Å². The summed E-state index contributed by atoms with van der Waals surface area (Å²) < 4.78 is 0. The van der Waals surface area contributed by atoms with Crippen LogP contribution in [0.5, 0.6) is 0 Å². The molecular formula is C12H16N4O3. The molecule has 19 heavy (non-hydrogen) atoms. The maximum absolute atomic E-state index is 11.4. The normalized spacial score (nSPS) is 11.4. The predicted octanol–water partition coefficient (Wildman–Crippen LogP) is -0.880. The third kappa shape index (κ3) is 5.50. The van der Waals surface area contributed by atoms with Crippen molar-refractivity contribution in [3.05, 3.63) is 23.3 Å². The van der Waals surface area contributed by atoms with Gasteiger partial charge in [-0.05, 0) is 19.4 Å². The molecule has 0 aromatic heterocycles. The number of nitriles is 1. The average Bonchev–Trinajstić information content (AvgIpc) is 2.39. The highest BCUT2D eigenvalue weighted by Gasteiger charge is 2.15. The summed E-state index contributed by atoms with van der Waals surface area (Å²) in [5, 5.41) is 12.7. The van der Waals surface area contributed by atoms with Crippen LogP contribution in [0.15, 0.2) is 23.3 Å². The Bertz CT molecular complexity index is 472. The number of allylic oxidation sites excluding steroid dienone is 2. The zero-order valence-corrected chi connectivity index (χ0v) is 10.8. The van der Waals surface area contributed by atoms with E-state index in [0.29, 0.717) is 5.57 Å². The molecule has 0 radical (unpaired) electrons. The van der Waals surface area contributed by atoms with E-state index in [-0.39, 0.29) is 18.7 Å². The van der Waals surface area contributed by atoms with E-state index in [1.165, 1.54) is 6.08 Å². The SMILES string of the molecule is C/C=C(CNC(=O)C(=O)NCC#N)\C(=C/C)C(N)=O. The van der Waals surface area contributed by atoms with Crippen molar-refractivity contribution in [2.24, 2.45) is 5.73 Å². The second-order valence-electron chi connectivity index (χ2n) is 3.40. The van der Waals surface area contributed by atoms with Crippen molar-refractivity contribution in [1.29, 1.82) is 5.26 Å². The highest BCUT2D eigenvalue weighted by molar-refractivity contribution is 6.35. The van der Waals surface area contributed by atoms with Gasteiger partial charge in [0.05, 0.1) is 6.07 Å². The Morgan fingerprint density at radius 2 is 1.74 bits per heavy atom. The summed E-state index contributed by atoms with van der Waals surface area (Å²) in [5.74, 6) is -2.40. The van der Waals surface area contributed by atoms with Gasteiger partial charge in [-0.3, -0.25) is 14.4 Å². The Kier molecular flexibility index (Phi) is 7.30. The Balaban J connectivity index is 4.54. The van der Waals surface area contributed by atoms with Crippen LogP contribution in [0.3, 0.4) is 0 Å². The lowest BCUT2D eigenvalue weighted by Crippen LogP contribution is -2.41. The highest BCUT2D eigenvalue weighted by atomic mass is 16.2. The minimum atomic E-state index is -0.905. The molecule has 3 amide bonds. The van der Waals surface area contributed by atoms with Gasteiger partial charge < -0.3 is 16.4 Å².